The zero-order valence-electron chi connectivity index (χ0n) is 11.7. The Morgan fingerprint density at radius 3 is 3.00 bits per heavy atom. The molecule has 2 N–H and O–H groups in total. The van der Waals surface area contributed by atoms with E-state index < -0.39 is 43.2 Å². The van der Waals surface area contributed by atoms with Crippen molar-refractivity contribution in [2.24, 2.45) is 5.11 Å². The van der Waals surface area contributed by atoms with E-state index in [1.807, 2.05) is 0 Å². The molecule has 1 aliphatic rings. The standard InChI is InChI=1S/C12H12BrFN6O3/c13-8-2-1-3-9(17-8)18-10(21)7-4-12(14,5-16-19-15)6-20(7)11(22)23/h1-3,7,15H,4-6H2,(H-,17,18,21,22,23). The number of anilines is 1. The van der Waals surface area contributed by atoms with E-state index >= 15 is 0 Å². The van der Waals surface area contributed by atoms with Crippen LogP contribution in [0.15, 0.2) is 27.9 Å². The minimum absolute atomic E-state index is 0.199. The summed E-state index contributed by atoms with van der Waals surface area (Å²) < 4.78 is 15.0. The van der Waals surface area contributed by atoms with E-state index in [0.29, 0.717) is 9.50 Å². The summed E-state index contributed by atoms with van der Waals surface area (Å²) in [6.07, 6.45) is -2.06. The number of carbonyl (C=O) groups is 2. The van der Waals surface area contributed by atoms with Crippen molar-refractivity contribution in [1.82, 2.24) is 14.8 Å². The van der Waals surface area contributed by atoms with Gasteiger partial charge in [0.25, 0.3) is 0 Å². The monoisotopic (exact) mass is 386 g/mol. The van der Waals surface area contributed by atoms with E-state index in [-0.39, 0.29) is 5.82 Å². The summed E-state index contributed by atoms with van der Waals surface area (Å²) in [7, 11) is 0. The number of alkyl halides is 1. The third kappa shape index (κ3) is 4.08. The molecule has 1 aromatic rings. The lowest BCUT2D eigenvalue weighted by Gasteiger charge is -2.25. The molecule has 1 saturated heterocycles. The maximum atomic E-state index is 14.6. The number of likely N-dealkylation sites (tertiary alicyclic amines) is 1. The number of nitrogens with one attached hydrogen (secondary N) is 2. The van der Waals surface area contributed by atoms with Gasteiger partial charge in [0.15, 0.2) is 12.2 Å². The highest BCUT2D eigenvalue weighted by Gasteiger charge is 2.48. The van der Waals surface area contributed by atoms with Crippen LogP contribution >= 0.6 is 15.9 Å². The van der Waals surface area contributed by atoms with Crippen LogP contribution in [0.5, 0.6) is 0 Å². The molecule has 2 amide bonds. The Morgan fingerprint density at radius 1 is 1.65 bits per heavy atom. The highest BCUT2D eigenvalue weighted by molar-refractivity contribution is 9.10. The van der Waals surface area contributed by atoms with Gasteiger partial charge < -0.3 is 20.1 Å². The minimum atomic E-state index is -2.07. The maximum Gasteiger partial charge on any atom is 0.248 e. The average molecular weight is 387 g/mol. The topological polar surface area (TPSA) is 136 Å². The fourth-order valence-electron chi connectivity index (χ4n) is 2.33. The van der Waals surface area contributed by atoms with E-state index in [0.717, 1.165) is 0 Å². The summed E-state index contributed by atoms with van der Waals surface area (Å²) in [5.41, 5.74) is 4.48. The van der Waals surface area contributed by atoms with E-state index in [4.69, 9.17) is 5.53 Å². The molecule has 23 heavy (non-hydrogen) atoms. The van der Waals surface area contributed by atoms with Crippen molar-refractivity contribution in [2.45, 2.75) is 18.1 Å². The highest BCUT2D eigenvalue weighted by atomic mass is 79.9. The summed E-state index contributed by atoms with van der Waals surface area (Å²) in [6.45, 7) is -1.07. The van der Waals surface area contributed by atoms with Crippen LogP contribution in [-0.2, 0) is 4.79 Å². The minimum Gasteiger partial charge on any atom is -0.530 e. The summed E-state index contributed by atoms with van der Waals surface area (Å²) in [5, 5.41) is 16.8. The first-order valence-corrected chi connectivity index (χ1v) is 7.27. The Morgan fingerprint density at radius 2 is 2.39 bits per heavy atom. The molecule has 122 valence electrons. The lowest BCUT2D eigenvalue weighted by atomic mass is 10.0. The van der Waals surface area contributed by atoms with Crippen molar-refractivity contribution in [3.63, 3.8) is 0 Å². The molecule has 0 spiro atoms. The summed E-state index contributed by atoms with van der Waals surface area (Å²) in [4.78, 5) is 30.7. The molecular weight excluding hydrogens is 375 g/mol. The Balaban J connectivity index is 2.16. The predicted molar refractivity (Wildman–Crippen MR) is 77.1 cm³/mol. The first-order chi connectivity index (χ1) is 10.8. The zero-order valence-corrected chi connectivity index (χ0v) is 13.3. The highest BCUT2D eigenvalue weighted by Crippen LogP contribution is 2.31. The second-order valence-corrected chi connectivity index (χ2v) is 5.81. The first kappa shape index (κ1) is 17.0. The fourth-order valence-corrected chi connectivity index (χ4v) is 2.67. The fraction of sp³-hybridized carbons (Fsp3) is 0.417. The predicted octanol–water partition coefficient (Wildman–Crippen LogP) is 0.459. The van der Waals surface area contributed by atoms with Gasteiger partial charge in [-0.2, -0.15) is 0 Å². The van der Waals surface area contributed by atoms with Crippen LogP contribution in [0.2, 0.25) is 0 Å². The molecule has 2 rings (SSSR count). The van der Waals surface area contributed by atoms with Crippen LogP contribution in [0.25, 0.3) is 0 Å². The molecule has 2 atom stereocenters. The summed E-state index contributed by atoms with van der Waals surface area (Å²) >= 11 is 3.14. The van der Waals surface area contributed by atoms with E-state index in [1.54, 1.807) is 12.1 Å². The van der Waals surface area contributed by atoms with Crippen LogP contribution in [-0.4, -0.2) is 46.7 Å². The molecule has 2 heterocycles. The van der Waals surface area contributed by atoms with Gasteiger partial charge in [-0.3, -0.25) is 4.79 Å². The van der Waals surface area contributed by atoms with Crippen molar-refractivity contribution in [3.05, 3.63) is 22.8 Å². The molecule has 0 aromatic carbocycles. The normalized spacial score (nSPS) is 23.2. The first-order valence-electron chi connectivity index (χ1n) is 6.48. The lowest BCUT2D eigenvalue weighted by molar-refractivity contribution is -0.266. The Bertz CT molecular complexity index is 683. The average Bonchev–Trinajstić information content (AvgIpc) is 2.84. The van der Waals surface area contributed by atoms with Gasteiger partial charge in [-0.25, -0.2) is 9.37 Å². The van der Waals surface area contributed by atoms with E-state index in [1.165, 1.54) is 6.07 Å². The number of pyridine rings is 1. The zero-order chi connectivity index (χ0) is 17.0. The Hall–Kier alpha value is -2.39. The number of carbonyl (C=O) groups excluding carboxylic acids is 2. The third-order valence-corrected chi connectivity index (χ3v) is 3.76. The molecule has 0 radical (unpaired) electrons. The number of nitrogens with zero attached hydrogens (tertiary/aromatic N) is 4. The van der Waals surface area contributed by atoms with Gasteiger partial charge in [0.2, 0.25) is 10.8 Å². The molecule has 0 saturated carbocycles. The SMILES string of the molecule is N=[N+]=NCC1(F)CC(C(=O)Nc2cccc(Br)n2)N(C(=O)[O-])C1. The number of amides is 2. The van der Waals surface area contributed by atoms with Crippen molar-refractivity contribution < 1.29 is 19.1 Å². The van der Waals surface area contributed by atoms with Crippen molar-refractivity contribution in [2.75, 3.05) is 18.4 Å². The van der Waals surface area contributed by atoms with Gasteiger partial charge >= 0.3 is 0 Å². The molecule has 1 aromatic heterocycles. The number of rotatable bonds is 4. The Kier molecular flexibility index (Phi) is 5.02. The molecule has 0 bridgehead atoms. The largest absolute Gasteiger partial charge is 0.530 e. The second kappa shape index (κ2) is 6.80. The lowest BCUT2D eigenvalue weighted by Crippen LogP contribution is -2.49. The molecule has 2 unspecified atom stereocenters. The van der Waals surface area contributed by atoms with Crippen LogP contribution in [0, 0.1) is 5.53 Å². The molecule has 11 heteroatoms. The Labute approximate surface area is 138 Å². The van der Waals surface area contributed by atoms with Gasteiger partial charge in [0, 0.05) is 6.42 Å². The summed E-state index contributed by atoms with van der Waals surface area (Å²) in [5.74, 6) is -0.521. The van der Waals surface area contributed by atoms with Crippen molar-refractivity contribution >= 4 is 33.7 Å². The second-order valence-electron chi connectivity index (χ2n) is 5.00. The molecular formula is C12H12BrFN6O3. The van der Waals surface area contributed by atoms with E-state index in [2.05, 4.69) is 36.3 Å². The van der Waals surface area contributed by atoms with Crippen LogP contribution < -0.4 is 15.3 Å². The molecule has 1 aliphatic heterocycles. The van der Waals surface area contributed by atoms with Crippen molar-refractivity contribution in [1.29, 1.82) is 5.53 Å². The quantitative estimate of drug-likeness (QED) is 0.441. The van der Waals surface area contributed by atoms with E-state index in [9.17, 15) is 19.1 Å². The van der Waals surface area contributed by atoms with Gasteiger partial charge in [-0.15, -0.1) is 0 Å². The van der Waals surface area contributed by atoms with Crippen molar-refractivity contribution in [3.8, 4) is 0 Å². The van der Waals surface area contributed by atoms with Gasteiger partial charge in [0.05, 0.1) is 6.54 Å². The number of aromatic nitrogens is 1. The van der Waals surface area contributed by atoms with Gasteiger partial charge in [-0.1, -0.05) is 6.07 Å². The number of hydrogen-bond donors (Lipinski definition) is 2. The van der Waals surface area contributed by atoms with Gasteiger partial charge in [0.1, 0.15) is 33.2 Å². The number of halogens is 2. The third-order valence-electron chi connectivity index (χ3n) is 3.32. The van der Waals surface area contributed by atoms with Crippen LogP contribution in [0.1, 0.15) is 6.42 Å². The number of carboxylic acid groups (broad SMARTS) is 1. The molecule has 9 nitrogen and oxygen atoms in total. The van der Waals surface area contributed by atoms with Crippen LogP contribution in [0.4, 0.5) is 15.0 Å². The summed E-state index contributed by atoms with van der Waals surface area (Å²) in [6, 6.07) is 3.52. The maximum absolute atomic E-state index is 14.6. The molecule has 0 aliphatic carbocycles. The van der Waals surface area contributed by atoms with Gasteiger partial charge in [-0.05, 0) is 28.1 Å². The van der Waals surface area contributed by atoms with Crippen LogP contribution in [0.3, 0.4) is 0 Å². The molecule has 1 fully saturated rings. The number of hydrogen-bond acceptors (Lipinski definition) is 6. The smallest absolute Gasteiger partial charge is 0.248 e.